The minimum atomic E-state index is -0.600. The van der Waals surface area contributed by atoms with Crippen LogP contribution < -0.4 is 14.8 Å². The minimum Gasteiger partial charge on any atom is -0.495 e. The molecular formula is C14H15ClN4O4. The van der Waals surface area contributed by atoms with Crippen LogP contribution in [-0.4, -0.2) is 28.1 Å². The summed E-state index contributed by atoms with van der Waals surface area (Å²) in [6, 6.07) is 4.87. The maximum atomic E-state index is 11.4. The van der Waals surface area contributed by atoms with E-state index in [-0.39, 0.29) is 23.5 Å². The first-order valence-corrected chi connectivity index (χ1v) is 7.06. The highest BCUT2D eigenvalue weighted by Gasteiger charge is 2.26. The summed E-state index contributed by atoms with van der Waals surface area (Å²) >= 11 is 5.96. The van der Waals surface area contributed by atoms with Crippen molar-refractivity contribution >= 4 is 28.8 Å². The number of hydrogen-bond donors (Lipinski definition) is 1. The third-order valence-electron chi connectivity index (χ3n) is 2.73. The summed E-state index contributed by atoms with van der Waals surface area (Å²) in [5.41, 5.74) is 0.0838. The highest BCUT2D eigenvalue weighted by Crippen LogP contribution is 2.36. The van der Waals surface area contributed by atoms with Crippen molar-refractivity contribution in [3.63, 3.8) is 0 Å². The average molecular weight is 339 g/mol. The van der Waals surface area contributed by atoms with Crippen LogP contribution in [0.4, 0.5) is 17.2 Å². The Morgan fingerprint density at radius 3 is 2.70 bits per heavy atom. The van der Waals surface area contributed by atoms with Crippen LogP contribution >= 0.6 is 11.6 Å². The van der Waals surface area contributed by atoms with Gasteiger partial charge in [-0.05, 0) is 32.0 Å². The van der Waals surface area contributed by atoms with Gasteiger partial charge in [-0.15, -0.1) is 0 Å². The van der Waals surface area contributed by atoms with Crippen molar-refractivity contribution in [1.29, 1.82) is 0 Å². The zero-order chi connectivity index (χ0) is 17.0. The van der Waals surface area contributed by atoms with E-state index in [2.05, 4.69) is 15.3 Å². The van der Waals surface area contributed by atoms with Gasteiger partial charge in [-0.25, -0.2) is 4.98 Å². The van der Waals surface area contributed by atoms with Crippen LogP contribution in [0.2, 0.25) is 5.02 Å². The smallest absolute Gasteiger partial charge is 0.373 e. The van der Waals surface area contributed by atoms with Gasteiger partial charge in [0.25, 0.3) is 5.88 Å². The summed E-state index contributed by atoms with van der Waals surface area (Å²) in [7, 11) is 1.48. The number of nitrogens with one attached hydrogen (secondary N) is 1. The molecule has 0 saturated heterocycles. The third kappa shape index (κ3) is 3.98. The van der Waals surface area contributed by atoms with Gasteiger partial charge < -0.3 is 14.8 Å². The summed E-state index contributed by atoms with van der Waals surface area (Å²) in [4.78, 5) is 18.5. The molecule has 0 unspecified atom stereocenters. The number of hydrogen-bond acceptors (Lipinski definition) is 7. The number of anilines is 2. The Bertz CT molecular complexity index is 724. The van der Waals surface area contributed by atoms with Crippen LogP contribution in [0, 0.1) is 10.1 Å². The second-order valence-corrected chi connectivity index (χ2v) is 5.21. The highest BCUT2D eigenvalue weighted by molar-refractivity contribution is 6.31. The summed E-state index contributed by atoms with van der Waals surface area (Å²) in [6.07, 6.45) is 0.918. The van der Waals surface area contributed by atoms with Crippen molar-refractivity contribution in [2.45, 2.75) is 20.0 Å². The van der Waals surface area contributed by atoms with Crippen LogP contribution in [0.1, 0.15) is 13.8 Å². The standard InChI is InChI=1S/C14H15ClN4O4/c1-8(2)23-14-12(19(20)21)13(16-7-17-14)18-10-6-9(15)4-5-11(10)22-3/h4-8H,1-3H3,(H,16,17,18). The van der Waals surface area contributed by atoms with Crippen LogP contribution in [0.25, 0.3) is 0 Å². The van der Waals surface area contributed by atoms with Gasteiger partial charge in [0.2, 0.25) is 5.82 Å². The minimum absolute atomic E-state index is 0.0128. The first kappa shape index (κ1) is 16.8. The molecule has 0 saturated carbocycles. The fourth-order valence-corrected chi connectivity index (χ4v) is 2.01. The number of nitro groups is 1. The molecule has 0 radical (unpaired) electrons. The molecule has 0 bridgehead atoms. The van der Waals surface area contributed by atoms with Gasteiger partial charge in [0, 0.05) is 5.02 Å². The van der Waals surface area contributed by atoms with Crippen molar-refractivity contribution in [3.8, 4) is 11.6 Å². The van der Waals surface area contributed by atoms with E-state index < -0.39 is 4.92 Å². The first-order valence-electron chi connectivity index (χ1n) is 6.69. The molecule has 0 fully saturated rings. The SMILES string of the molecule is COc1ccc(Cl)cc1Nc1ncnc(OC(C)C)c1[N+](=O)[O-]. The molecule has 0 amide bonds. The number of nitrogens with zero attached hydrogens (tertiary/aromatic N) is 3. The molecule has 1 N–H and O–H groups in total. The van der Waals surface area contributed by atoms with E-state index in [1.165, 1.54) is 13.4 Å². The number of ether oxygens (including phenoxy) is 2. The van der Waals surface area contributed by atoms with E-state index >= 15 is 0 Å². The lowest BCUT2D eigenvalue weighted by molar-refractivity contribution is -0.385. The lowest BCUT2D eigenvalue weighted by Crippen LogP contribution is -2.11. The highest BCUT2D eigenvalue weighted by atomic mass is 35.5. The van der Waals surface area contributed by atoms with Crippen LogP contribution in [0.5, 0.6) is 11.6 Å². The Morgan fingerprint density at radius 2 is 2.09 bits per heavy atom. The van der Waals surface area contributed by atoms with Crippen molar-refractivity contribution in [2.75, 3.05) is 12.4 Å². The van der Waals surface area contributed by atoms with E-state index in [1.807, 2.05) is 0 Å². The predicted molar refractivity (Wildman–Crippen MR) is 85.7 cm³/mol. The van der Waals surface area contributed by atoms with Gasteiger partial charge in [-0.2, -0.15) is 4.98 Å². The second-order valence-electron chi connectivity index (χ2n) is 4.77. The summed E-state index contributed by atoms with van der Waals surface area (Å²) in [6.45, 7) is 3.50. The van der Waals surface area contributed by atoms with Crippen LogP contribution in [0.15, 0.2) is 24.5 Å². The summed E-state index contributed by atoms with van der Waals surface area (Å²) in [5, 5.41) is 14.7. The monoisotopic (exact) mass is 338 g/mol. The molecule has 122 valence electrons. The molecule has 23 heavy (non-hydrogen) atoms. The largest absolute Gasteiger partial charge is 0.495 e. The van der Waals surface area contributed by atoms with Crippen molar-refractivity contribution in [3.05, 3.63) is 39.7 Å². The first-order chi connectivity index (χ1) is 10.9. The van der Waals surface area contributed by atoms with Crippen LogP contribution in [0.3, 0.4) is 0 Å². The Balaban J connectivity index is 2.48. The molecule has 1 aromatic carbocycles. The topological polar surface area (TPSA) is 99.4 Å². The fraction of sp³-hybridized carbons (Fsp3) is 0.286. The maximum absolute atomic E-state index is 11.4. The molecule has 0 aliphatic heterocycles. The Labute approximate surface area is 137 Å². The van der Waals surface area contributed by atoms with Crippen molar-refractivity contribution < 1.29 is 14.4 Å². The average Bonchev–Trinajstić information content (AvgIpc) is 2.46. The zero-order valence-corrected chi connectivity index (χ0v) is 13.5. The van der Waals surface area contributed by atoms with Gasteiger partial charge in [0.05, 0.1) is 23.8 Å². The summed E-state index contributed by atoms with van der Waals surface area (Å²) in [5.74, 6) is 0.346. The molecule has 8 nitrogen and oxygen atoms in total. The Morgan fingerprint density at radius 1 is 1.35 bits per heavy atom. The number of halogens is 1. The number of rotatable bonds is 6. The van der Waals surface area contributed by atoms with Crippen molar-refractivity contribution in [1.82, 2.24) is 9.97 Å². The van der Waals surface area contributed by atoms with Gasteiger partial charge in [0.1, 0.15) is 12.1 Å². The quantitative estimate of drug-likeness (QED) is 0.634. The predicted octanol–water partition coefficient (Wildman–Crippen LogP) is 3.58. The molecule has 1 aromatic heterocycles. The van der Waals surface area contributed by atoms with E-state index in [0.717, 1.165) is 0 Å². The number of methoxy groups -OCH3 is 1. The van der Waals surface area contributed by atoms with E-state index in [9.17, 15) is 10.1 Å². The maximum Gasteiger partial charge on any atom is 0.373 e. The van der Waals surface area contributed by atoms with Gasteiger partial charge in [0.15, 0.2) is 0 Å². The van der Waals surface area contributed by atoms with Gasteiger partial charge >= 0.3 is 5.69 Å². The number of benzene rings is 1. The van der Waals surface area contributed by atoms with Gasteiger partial charge in [-0.1, -0.05) is 11.6 Å². The van der Waals surface area contributed by atoms with E-state index in [1.54, 1.807) is 32.0 Å². The number of aromatic nitrogens is 2. The molecule has 2 aromatic rings. The lowest BCUT2D eigenvalue weighted by atomic mass is 10.3. The zero-order valence-electron chi connectivity index (χ0n) is 12.7. The van der Waals surface area contributed by atoms with Crippen molar-refractivity contribution in [2.24, 2.45) is 0 Å². The molecular weight excluding hydrogens is 324 g/mol. The summed E-state index contributed by atoms with van der Waals surface area (Å²) < 4.78 is 10.6. The van der Waals surface area contributed by atoms with E-state index in [0.29, 0.717) is 16.5 Å². The molecule has 0 spiro atoms. The Kier molecular flexibility index (Phi) is 5.17. The molecule has 0 atom stereocenters. The van der Waals surface area contributed by atoms with Crippen LogP contribution in [-0.2, 0) is 0 Å². The Hall–Kier alpha value is -2.61. The van der Waals surface area contributed by atoms with E-state index in [4.69, 9.17) is 21.1 Å². The second kappa shape index (κ2) is 7.10. The molecule has 0 aliphatic rings. The molecule has 0 aliphatic carbocycles. The molecule has 2 rings (SSSR count). The fourth-order valence-electron chi connectivity index (χ4n) is 1.83. The lowest BCUT2D eigenvalue weighted by Gasteiger charge is -2.13. The van der Waals surface area contributed by atoms with Gasteiger partial charge in [-0.3, -0.25) is 10.1 Å². The third-order valence-corrected chi connectivity index (χ3v) is 2.97. The molecule has 9 heteroatoms. The normalized spacial score (nSPS) is 10.5. The molecule has 1 heterocycles.